The van der Waals surface area contributed by atoms with Crippen LogP contribution >= 0.6 is 27.3 Å². The van der Waals surface area contributed by atoms with Crippen molar-refractivity contribution in [2.45, 2.75) is 17.2 Å². The number of piperazine rings is 1. The molecule has 1 aliphatic heterocycles. The molecule has 1 unspecified atom stereocenters. The number of rotatable bonds is 2. The van der Waals surface area contributed by atoms with E-state index in [1.807, 2.05) is 14.0 Å². The summed E-state index contributed by atoms with van der Waals surface area (Å²) in [6.07, 6.45) is 0. The predicted molar refractivity (Wildman–Crippen MR) is 72.9 cm³/mol. The van der Waals surface area contributed by atoms with Crippen LogP contribution in [-0.4, -0.2) is 50.3 Å². The molecule has 0 saturated carbocycles. The average Bonchev–Trinajstić information content (AvgIpc) is 2.69. The summed E-state index contributed by atoms with van der Waals surface area (Å²) in [5, 5.41) is 0. The van der Waals surface area contributed by atoms with E-state index in [9.17, 15) is 8.42 Å². The third-order valence-electron chi connectivity index (χ3n) is 3.07. The number of halogens is 1. The summed E-state index contributed by atoms with van der Waals surface area (Å²) in [5.74, 6) is 0. The maximum Gasteiger partial charge on any atom is 0.252 e. The Morgan fingerprint density at radius 3 is 2.65 bits per heavy atom. The first-order chi connectivity index (χ1) is 7.91. The molecule has 0 aliphatic carbocycles. The van der Waals surface area contributed by atoms with E-state index < -0.39 is 10.0 Å². The number of thiophene rings is 1. The van der Waals surface area contributed by atoms with Gasteiger partial charge in [-0.25, -0.2) is 8.42 Å². The fourth-order valence-corrected chi connectivity index (χ4v) is 5.47. The van der Waals surface area contributed by atoms with E-state index in [0.717, 1.165) is 10.3 Å². The van der Waals surface area contributed by atoms with Crippen LogP contribution in [0.3, 0.4) is 0 Å². The zero-order valence-corrected chi connectivity index (χ0v) is 13.0. The van der Waals surface area contributed by atoms with E-state index in [4.69, 9.17) is 0 Å². The molecule has 4 nitrogen and oxygen atoms in total. The van der Waals surface area contributed by atoms with Gasteiger partial charge in [0, 0.05) is 25.7 Å². The van der Waals surface area contributed by atoms with Crippen LogP contribution in [0, 0.1) is 0 Å². The molecule has 1 aromatic heterocycles. The maximum atomic E-state index is 12.3. The molecule has 2 rings (SSSR count). The van der Waals surface area contributed by atoms with Gasteiger partial charge in [0.2, 0.25) is 0 Å². The fourth-order valence-electron chi connectivity index (χ4n) is 1.80. The number of hydrogen-bond donors (Lipinski definition) is 0. The van der Waals surface area contributed by atoms with Crippen molar-refractivity contribution in [2.75, 3.05) is 26.7 Å². The molecule has 0 spiro atoms. The molecule has 96 valence electrons. The molecular weight excluding hydrogens is 324 g/mol. The van der Waals surface area contributed by atoms with Gasteiger partial charge in [-0.1, -0.05) is 0 Å². The largest absolute Gasteiger partial charge is 0.301 e. The van der Waals surface area contributed by atoms with Gasteiger partial charge in [0.05, 0.1) is 3.79 Å². The Hall–Kier alpha value is 0.0500. The summed E-state index contributed by atoms with van der Waals surface area (Å²) in [4.78, 5) is 2.18. The Morgan fingerprint density at radius 2 is 2.12 bits per heavy atom. The molecular formula is C10H15BrN2O2S2. The van der Waals surface area contributed by atoms with Crippen molar-refractivity contribution in [1.29, 1.82) is 0 Å². The standard InChI is InChI=1S/C10H15BrN2O2S2/c1-8-7-13(6-5-12(8)2)17(14,15)10-4-3-9(11)16-10/h3-4,8H,5-7H2,1-2H3. The molecule has 0 aromatic carbocycles. The minimum atomic E-state index is -3.30. The molecule has 7 heteroatoms. The highest BCUT2D eigenvalue weighted by atomic mass is 79.9. The minimum absolute atomic E-state index is 0.266. The van der Waals surface area contributed by atoms with Gasteiger partial charge in [-0.2, -0.15) is 4.31 Å². The van der Waals surface area contributed by atoms with Gasteiger partial charge in [-0.05, 0) is 42.0 Å². The summed E-state index contributed by atoms with van der Waals surface area (Å²) >= 11 is 4.56. The first-order valence-electron chi connectivity index (χ1n) is 5.37. The van der Waals surface area contributed by atoms with Crippen molar-refractivity contribution < 1.29 is 8.42 Å². The van der Waals surface area contributed by atoms with Crippen molar-refractivity contribution in [3.05, 3.63) is 15.9 Å². The summed E-state index contributed by atoms with van der Waals surface area (Å²) < 4.78 is 27.5. The molecule has 1 atom stereocenters. The summed E-state index contributed by atoms with van der Waals surface area (Å²) in [6, 6.07) is 3.70. The quantitative estimate of drug-likeness (QED) is 0.826. The van der Waals surface area contributed by atoms with E-state index in [-0.39, 0.29) is 6.04 Å². The number of sulfonamides is 1. The smallest absolute Gasteiger partial charge is 0.252 e. The molecule has 2 heterocycles. The van der Waals surface area contributed by atoms with Crippen LogP contribution < -0.4 is 0 Å². The Kier molecular flexibility index (Phi) is 3.94. The van der Waals surface area contributed by atoms with Crippen molar-refractivity contribution in [3.63, 3.8) is 0 Å². The Morgan fingerprint density at radius 1 is 1.41 bits per heavy atom. The predicted octanol–water partition coefficient (Wildman–Crippen LogP) is 1.84. The molecule has 0 bridgehead atoms. The highest BCUT2D eigenvalue weighted by Crippen LogP contribution is 2.29. The maximum absolute atomic E-state index is 12.3. The zero-order valence-electron chi connectivity index (χ0n) is 9.76. The molecule has 0 radical (unpaired) electrons. The molecule has 1 aliphatic rings. The lowest BCUT2D eigenvalue weighted by Gasteiger charge is -2.36. The monoisotopic (exact) mass is 338 g/mol. The van der Waals surface area contributed by atoms with Crippen LogP contribution in [0.1, 0.15) is 6.92 Å². The third-order valence-corrected chi connectivity index (χ3v) is 7.02. The minimum Gasteiger partial charge on any atom is -0.301 e. The highest BCUT2D eigenvalue weighted by Gasteiger charge is 2.31. The number of nitrogens with zero attached hydrogens (tertiary/aromatic N) is 2. The fraction of sp³-hybridized carbons (Fsp3) is 0.600. The summed E-state index contributed by atoms with van der Waals surface area (Å²) in [7, 11) is -1.28. The molecule has 1 aromatic rings. The first-order valence-corrected chi connectivity index (χ1v) is 8.42. The van der Waals surface area contributed by atoms with Gasteiger partial charge >= 0.3 is 0 Å². The third kappa shape index (κ3) is 2.73. The van der Waals surface area contributed by atoms with Crippen LogP contribution in [-0.2, 0) is 10.0 Å². The molecule has 17 heavy (non-hydrogen) atoms. The van der Waals surface area contributed by atoms with Gasteiger partial charge in [0.25, 0.3) is 10.0 Å². The van der Waals surface area contributed by atoms with Crippen LogP contribution in [0.25, 0.3) is 0 Å². The Balaban J connectivity index is 2.22. The van der Waals surface area contributed by atoms with Gasteiger partial charge in [0.15, 0.2) is 0 Å². The van der Waals surface area contributed by atoms with Crippen molar-refractivity contribution in [2.24, 2.45) is 0 Å². The molecule has 0 amide bonds. The first kappa shape index (κ1) is 13.5. The van der Waals surface area contributed by atoms with E-state index in [2.05, 4.69) is 20.8 Å². The zero-order chi connectivity index (χ0) is 12.6. The second-order valence-corrected chi connectivity index (χ2v) is 8.88. The van der Waals surface area contributed by atoms with E-state index >= 15 is 0 Å². The lowest BCUT2D eigenvalue weighted by molar-refractivity contribution is 0.160. The lowest BCUT2D eigenvalue weighted by Crippen LogP contribution is -2.51. The summed E-state index contributed by atoms with van der Waals surface area (Å²) in [6.45, 7) is 3.96. The van der Waals surface area contributed by atoms with Crippen molar-refractivity contribution in [3.8, 4) is 0 Å². The topological polar surface area (TPSA) is 40.6 Å². The second kappa shape index (κ2) is 4.97. The highest BCUT2D eigenvalue weighted by molar-refractivity contribution is 9.11. The Labute approximate surface area is 114 Å². The van der Waals surface area contributed by atoms with Crippen LogP contribution in [0.5, 0.6) is 0 Å². The molecule has 1 saturated heterocycles. The van der Waals surface area contributed by atoms with Crippen LogP contribution in [0.15, 0.2) is 20.1 Å². The van der Waals surface area contributed by atoms with Crippen LogP contribution in [0.2, 0.25) is 0 Å². The Bertz CT molecular complexity index is 500. The number of hydrogen-bond acceptors (Lipinski definition) is 4. The average molecular weight is 339 g/mol. The SMILES string of the molecule is CC1CN(S(=O)(=O)c2ccc(Br)s2)CCN1C. The number of likely N-dealkylation sites (N-methyl/N-ethyl adjacent to an activating group) is 1. The van der Waals surface area contributed by atoms with E-state index in [1.165, 1.54) is 11.3 Å². The molecule has 0 N–H and O–H groups in total. The van der Waals surface area contributed by atoms with E-state index in [1.54, 1.807) is 16.4 Å². The van der Waals surface area contributed by atoms with Gasteiger partial charge in [-0.3, -0.25) is 0 Å². The van der Waals surface area contributed by atoms with Crippen molar-refractivity contribution in [1.82, 2.24) is 9.21 Å². The van der Waals surface area contributed by atoms with Gasteiger partial charge in [-0.15, -0.1) is 11.3 Å². The van der Waals surface area contributed by atoms with Gasteiger partial charge < -0.3 is 4.90 Å². The lowest BCUT2D eigenvalue weighted by atomic mass is 10.2. The van der Waals surface area contributed by atoms with Crippen molar-refractivity contribution >= 4 is 37.3 Å². The second-order valence-electron chi connectivity index (χ2n) is 4.25. The van der Waals surface area contributed by atoms with E-state index in [0.29, 0.717) is 17.3 Å². The van der Waals surface area contributed by atoms with Gasteiger partial charge in [0.1, 0.15) is 4.21 Å². The van der Waals surface area contributed by atoms with Crippen LogP contribution in [0.4, 0.5) is 0 Å². The normalized spacial score (nSPS) is 24.1. The molecule has 1 fully saturated rings. The summed E-state index contributed by atoms with van der Waals surface area (Å²) in [5.41, 5.74) is 0.